The van der Waals surface area contributed by atoms with E-state index in [1.165, 1.54) is 6.07 Å². The minimum Gasteiger partial charge on any atom is -0.368 e. The van der Waals surface area contributed by atoms with Gasteiger partial charge in [0.25, 0.3) is 0 Å². The van der Waals surface area contributed by atoms with Crippen LogP contribution in [-0.4, -0.2) is 87.2 Å². The number of hydrogen-bond donors (Lipinski definition) is 0. The molecule has 0 aromatic heterocycles. The Hall–Kier alpha value is -3.13. The minimum absolute atomic E-state index is 0.0881. The van der Waals surface area contributed by atoms with E-state index in [4.69, 9.17) is 4.74 Å². The second-order valence-corrected chi connectivity index (χ2v) is 8.02. The Morgan fingerprint density at radius 1 is 0.688 bits per heavy atom. The van der Waals surface area contributed by atoms with Gasteiger partial charge in [0.2, 0.25) is 11.8 Å². The zero-order valence-electron chi connectivity index (χ0n) is 18.2. The van der Waals surface area contributed by atoms with Gasteiger partial charge in [0.05, 0.1) is 5.69 Å². The average Bonchev–Trinajstić information content (AvgIpc) is 2.85. The maximum absolute atomic E-state index is 14.0. The molecule has 0 atom stereocenters. The molecule has 0 aliphatic carbocycles. The van der Waals surface area contributed by atoms with Crippen molar-refractivity contribution < 1.29 is 18.7 Å². The van der Waals surface area contributed by atoms with Crippen molar-refractivity contribution in [2.75, 3.05) is 75.4 Å². The average molecular weight is 441 g/mol. The number of carbonyl (C=O) groups is 2. The van der Waals surface area contributed by atoms with Crippen LogP contribution in [0, 0.1) is 5.82 Å². The number of piperazine rings is 2. The van der Waals surface area contributed by atoms with Crippen LogP contribution in [0.4, 0.5) is 15.8 Å². The number of halogens is 1. The van der Waals surface area contributed by atoms with Gasteiger partial charge in [-0.15, -0.1) is 0 Å². The van der Waals surface area contributed by atoms with Crippen LogP contribution in [0.5, 0.6) is 0 Å². The Kier molecular flexibility index (Phi) is 7.21. The fourth-order valence-corrected chi connectivity index (χ4v) is 4.17. The molecule has 2 saturated heterocycles. The van der Waals surface area contributed by atoms with Crippen molar-refractivity contribution in [3.05, 3.63) is 60.4 Å². The van der Waals surface area contributed by atoms with E-state index in [0.717, 1.165) is 18.8 Å². The summed E-state index contributed by atoms with van der Waals surface area (Å²) in [6.07, 6.45) is 0. The van der Waals surface area contributed by atoms with E-state index < -0.39 is 0 Å². The summed E-state index contributed by atoms with van der Waals surface area (Å²) < 4.78 is 19.4. The molecule has 2 heterocycles. The number of carbonyl (C=O) groups excluding carboxylic acids is 2. The quantitative estimate of drug-likeness (QED) is 0.686. The SMILES string of the molecule is O=C(COCC(=O)N1CCN(c2ccccc2F)CC1)N1CCN(c2ccccc2)CC1. The van der Waals surface area contributed by atoms with Gasteiger partial charge in [-0.2, -0.15) is 0 Å². The Labute approximate surface area is 187 Å². The van der Waals surface area contributed by atoms with Crippen LogP contribution in [0.1, 0.15) is 0 Å². The molecule has 170 valence electrons. The molecule has 4 rings (SSSR count). The topological polar surface area (TPSA) is 56.3 Å². The van der Waals surface area contributed by atoms with Crippen molar-refractivity contribution in [3.63, 3.8) is 0 Å². The number of ether oxygens (including phenoxy) is 1. The lowest BCUT2D eigenvalue weighted by Gasteiger charge is -2.36. The normalized spacial score (nSPS) is 16.9. The molecular weight excluding hydrogens is 411 g/mol. The fourth-order valence-electron chi connectivity index (χ4n) is 4.17. The molecule has 2 amide bonds. The van der Waals surface area contributed by atoms with E-state index >= 15 is 0 Å². The molecule has 0 spiro atoms. The van der Waals surface area contributed by atoms with Crippen LogP contribution in [-0.2, 0) is 14.3 Å². The summed E-state index contributed by atoms with van der Waals surface area (Å²) in [5.74, 6) is -0.478. The summed E-state index contributed by atoms with van der Waals surface area (Å²) in [6.45, 7) is 4.78. The van der Waals surface area contributed by atoms with Crippen molar-refractivity contribution in [2.45, 2.75) is 0 Å². The van der Waals surface area contributed by atoms with Gasteiger partial charge in [0.15, 0.2) is 0 Å². The first-order valence-corrected chi connectivity index (χ1v) is 11.0. The summed E-state index contributed by atoms with van der Waals surface area (Å²) in [7, 11) is 0. The fraction of sp³-hybridized carbons (Fsp3) is 0.417. The maximum atomic E-state index is 14.0. The zero-order chi connectivity index (χ0) is 22.3. The molecule has 2 fully saturated rings. The predicted octanol–water partition coefficient (Wildman–Crippen LogP) is 1.84. The third kappa shape index (κ3) is 5.37. The Bertz CT molecular complexity index is 910. The molecule has 2 aliphatic rings. The van der Waals surface area contributed by atoms with Gasteiger partial charge in [0.1, 0.15) is 19.0 Å². The molecule has 0 N–H and O–H groups in total. The summed E-state index contributed by atoms with van der Waals surface area (Å²) in [4.78, 5) is 32.6. The van der Waals surface area contributed by atoms with E-state index in [1.807, 2.05) is 29.2 Å². The molecular formula is C24H29FN4O3. The van der Waals surface area contributed by atoms with E-state index in [-0.39, 0.29) is 30.8 Å². The van der Waals surface area contributed by atoms with E-state index in [1.54, 1.807) is 21.9 Å². The van der Waals surface area contributed by atoms with Gasteiger partial charge in [-0.3, -0.25) is 9.59 Å². The lowest BCUT2D eigenvalue weighted by atomic mass is 10.2. The minimum atomic E-state index is -0.251. The molecule has 2 aromatic rings. The smallest absolute Gasteiger partial charge is 0.248 e. The number of hydrogen-bond acceptors (Lipinski definition) is 5. The molecule has 0 bridgehead atoms. The number of benzene rings is 2. The largest absolute Gasteiger partial charge is 0.368 e. The first-order valence-electron chi connectivity index (χ1n) is 11.0. The van der Waals surface area contributed by atoms with Gasteiger partial charge in [0, 0.05) is 58.0 Å². The Morgan fingerprint density at radius 3 is 1.75 bits per heavy atom. The number of amides is 2. The lowest BCUT2D eigenvalue weighted by Crippen LogP contribution is -2.51. The summed E-state index contributed by atoms with van der Waals surface area (Å²) in [5.41, 5.74) is 1.73. The number of anilines is 2. The Morgan fingerprint density at radius 2 is 1.19 bits per heavy atom. The molecule has 8 heteroatoms. The van der Waals surface area contributed by atoms with Crippen LogP contribution in [0.25, 0.3) is 0 Å². The number of nitrogens with zero attached hydrogens (tertiary/aromatic N) is 4. The molecule has 0 saturated carbocycles. The van der Waals surface area contributed by atoms with E-state index in [2.05, 4.69) is 17.0 Å². The molecule has 0 unspecified atom stereocenters. The van der Waals surface area contributed by atoms with Gasteiger partial charge in [-0.05, 0) is 24.3 Å². The van der Waals surface area contributed by atoms with Gasteiger partial charge in [-0.1, -0.05) is 30.3 Å². The number of para-hydroxylation sites is 2. The van der Waals surface area contributed by atoms with Crippen molar-refractivity contribution in [3.8, 4) is 0 Å². The van der Waals surface area contributed by atoms with Crippen molar-refractivity contribution in [1.29, 1.82) is 0 Å². The van der Waals surface area contributed by atoms with Gasteiger partial charge in [-0.25, -0.2) is 4.39 Å². The van der Waals surface area contributed by atoms with Crippen LogP contribution in [0.15, 0.2) is 54.6 Å². The van der Waals surface area contributed by atoms with Crippen molar-refractivity contribution in [1.82, 2.24) is 9.80 Å². The highest BCUT2D eigenvalue weighted by Gasteiger charge is 2.24. The number of rotatable bonds is 6. The predicted molar refractivity (Wildman–Crippen MR) is 121 cm³/mol. The maximum Gasteiger partial charge on any atom is 0.248 e. The standard InChI is InChI=1S/C24H29FN4O3/c25-21-8-4-5-9-22(21)27-12-16-29(17-13-27)24(31)19-32-18-23(30)28-14-10-26(11-15-28)20-6-2-1-3-7-20/h1-9H,10-19H2. The molecule has 2 aliphatic heterocycles. The third-order valence-electron chi connectivity index (χ3n) is 6.03. The monoisotopic (exact) mass is 440 g/mol. The van der Waals surface area contributed by atoms with E-state index in [9.17, 15) is 14.0 Å². The van der Waals surface area contributed by atoms with Gasteiger partial charge >= 0.3 is 0 Å². The van der Waals surface area contributed by atoms with Crippen LogP contribution in [0.3, 0.4) is 0 Å². The third-order valence-corrected chi connectivity index (χ3v) is 6.03. The van der Waals surface area contributed by atoms with Crippen LogP contribution < -0.4 is 9.80 Å². The van der Waals surface area contributed by atoms with Crippen LogP contribution >= 0.6 is 0 Å². The highest BCUT2D eigenvalue weighted by Crippen LogP contribution is 2.20. The molecule has 7 nitrogen and oxygen atoms in total. The van der Waals surface area contributed by atoms with Crippen molar-refractivity contribution >= 4 is 23.2 Å². The Balaban J connectivity index is 1.15. The summed E-state index contributed by atoms with van der Waals surface area (Å²) >= 11 is 0. The van der Waals surface area contributed by atoms with Gasteiger partial charge < -0.3 is 24.3 Å². The molecule has 32 heavy (non-hydrogen) atoms. The second-order valence-electron chi connectivity index (χ2n) is 8.02. The molecule has 0 radical (unpaired) electrons. The van der Waals surface area contributed by atoms with E-state index in [0.29, 0.717) is 45.0 Å². The zero-order valence-corrected chi connectivity index (χ0v) is 18.2. The summed E-state index contributed by atoms with van der Waals surface area (Å²) in [6, 6.07) is 16.8. The van der Waals surface area contributed by atoms with Crippen LogP contribution in [0.2, 0.25) is 0 Å². The first kappa shape index (κ1) is 22.1. The highest BCUT2D eigenvalue weighted by atomic mass is 19.1. The van der Waals surface area contributed by atoms with Crippen molar-refractivity contribution in [2.24, 2.45) is 0 Å². The second kappa shape index (κ2) is 10.5. The molecule has 2 aromatic carbocycles. The summed E-state index contributed by atoms with van der Waals surface area (Å²) in [5, 5.41) is 0. The highest BCUT2D eigenvalue weighted by molar-refractivity contribution is 5.80. The lowest BCUT2D eigenvalue weighted by molar-refractivity contribution is -0.142. The first-order chi connectivity index (χ1) is 15.6.